The molecule has 0 unspecified atom stereocenters. The SMILES string of the molecule is C/C(=N/NC(=O)c1ccccc1F)c1cccc(NC(=O)c2ccccc2F)c1. The molecule has 7 heteroatoms. The number of benzene rings is 3. The summed E-state index contributed by atoms with van der Waals surface area (Å²) in [6.07, 6.45) is 0. The molecule has 3 aromatic carbocycles. The summed E-state index contributed by atoms with van der Waals surface area (Å²) in [5.74, 6) is -2.51. The summed E-state index contributed by atoms with van der Waals surface area (Å²) in [4.78, 5) is 24.3. The first kappa shape index (κ1) is 19.9. The molecule has 0 aliphatic carbocycles. The van der Waals surface area contributed by atoms with Crippen LogP contribution < -0.4 is 10.7 Å². The molecule has 0 radical (unpaired) electrons. The van der Waals surface area contributed by atoms with Crippen molar-refractivity contribution in [3.05, 3.63) is 101 Å². The van der Waals surface area contributed by atoms with E-state index in [9.17, 15) is 18.4 Å². The van der Waals surface area contributed by atoms with E-state index in [0.29, 0.717) is 17.0 Å². The van der Waals surface area contributed by atoms with E-state index in [0.717, 1.165) is 0 Å². The molecule has 0 saturated heterocycles. The summed E-state index contributed by atoms with van der Waals surface area (Å²) >= 11 is 0. The number of hydrazone groups is 1. The highest BCUT2D eigenvalue weighted by atomic mass is 19.1. The minimum Gasteiger partial charge on any atom is -0.322 e. The highest BCUT2D eigenvalue weighted by molar-refractivity contribution is 6.06. The number of nitrogens with zero attached hydrogens (tertiary/aromatic N) is 1. The van der Waals surface area contributed by atoms with Gasteiger partial charge in [0.15, 0.2) is 0 Å². The van der Waals surface area contributed by atoms with Gasteiger partial charge in [0.2, 0.25) is 0 Å². The van der Waals surface area contributed by atoms with Crippen LogP contribution in [0, 0.1) is 11.6 Å². The minimum atomic E-state index is -0.675. The number of hydrogen-bond acceptors (Lipinski definition) is 3. The van der Waals surface area contributed by atoms with Crippen LogP contribution in [0.1, 0.15) is 33.2 Å². The molecule has 0 aliphatic heterocycles. The number of anilines is 1. The number of carbonyl (C=O) groups is 2. The number of nitrogens with one attached hydrogen (secondary N) is 2. The topological polar surface area (TPSA) is 70.6 Å². The quantitative estimate of drug-likeness (QED) is 0.499. The van der Waals surface area contributed by atoms with Crippen molar-refractivity contribution in [3.8, 4) is 0 Å². The Morgan fingerprint density at radius 3 is 2.00 bits per heavy atom. The molecule has 2 amide bonds. The van der Waals surface area contributed by atoms with Gasteiger partial charge in [-0.3, -0.25) is 9.59 Å². The third kappa shape index (κ3) is 4.90. The zero-order chi connectivity index (χ0) is 20.8. The van der Waals surface area contributed by atoms with Crippen molar-refractivity contribution in [2.24, 2.45) is 5.10 Å². The van der Waals surface area contributed by atoms with Crippen LogP contribution in [-0.4, -0.2) is 17.5 Å². The molecular weight excluding hydrogens is 376 g/mol. The maximum absolute atomic E-state index is 13.7. The fourth-order valence-corrected chi connectivity index (χ4v) is 2.57. The Morgan fingerprint density at radius 1 is 0.793 bits per heavy atom. The highest BCUT2D eigenvalue weighted by Crippen LogP contribution is 2.15. The summed E-state index contributed by atoms with van der Waals surface area (Å²) in [5.41, 5.74) is 3.61. The lowest BCUT2D eigenvalue weighted by Crippen LogP contribution is -2.20. The van der Waals surface area contributed by atoms with Crippen molar-refractivity contribution < 1.29 is 18.4 Å². The number of hydrogen-bond donors (Lipinski definition) is 2. The van der Waals surface area contributed by atoms with Crippen molar-refractivity contribution in [2.75, 3.05) is 5.32 Å². The van der Waals surface area contributed by atoms with Gasteiger partial charge in [0, 0.05) is 5.69 Å². The maximum Gasteiger partial charge on any atom is 0.274 e. The second-order valence-corrected chi connectivity index (χ2v) is 6.13. The predicted octanol–water partition coefficient (Wildman–Crippen LogP) is 4.37. The van der Waals surface area contributed by atoms with E-state index in [1.165, 1.54) is 36.4 Å². The second-order valence-electron chi connectivity index (χ2n) is 6.13. The van der Waals surface area contributed by atoms with E-state index in [2.05, 4.69) is 15.8 Å². The van der Waals surface area contributed by atoms with E-state index in [1.54, 1.807) is 43.3 Å². The van der Waals surface area contributed by atoms with E-state index in [1.807, 2.05) is 0 Å². The molecular formula is C22H17F2N3O2. The summed E-state index contributed by atoms with van der Waals surface area (Å²) in [5, 5.41) is 6.60. The van der Waals surface area contributed by atoms with E-state index >= 15 is 0 Å². The van der Waals surface area contributed by atoms with Gasteiger partial charge in [0.05, 0.1) is 16.8 Å². The third-order valence-corrected chi connectivity index (χ3v) is 4.10. The average Bonchev–Trinajstić information content (AvgIpc) is 2.72. The molecule has 0 aromatic heterocycles. The van der Waals surface area contributed by atoms with Gasteiger partial charge in [-0.05, 0) is 48.9 Å². The molecule has 0 aliphatic rings. The molecule has 0 bridgehead atoms. The van der Waals surface area contributed by atoms with E-state index in [4.69, 9.17) is 0 Å². The number of halogens is 2. The maximum atomic E-state index is 13.7. The van der Waals surface area contributed by atoms with Gasteiger partial charge >= 0.3 is 0 Å². The molecule has 5 nitrogen and oxygen atoms in total. The van der Waals surface area contributed by atoms with Crippen LogP contribution in [0.15, 0.2) is 77.9 Å². The Hall–Kier alpha value is -3.87. The fourth-order valence-electron chi connectivity index (χ4n) is 2.57. The van der Waals surface area contributed by atoms with Gasteiger partial charge in [-0.25, -0.2) is 14.2 Å². The lowest BCUT2D eigenvalue weighted by molar-refractivity contribution is 0.0950. The first-order valence-electron chi connectivity index (χ1n) is 8.71. The molecule has 0 fully saturated rings. The van der Waals surface area contributed by atoms with Gasteiger partial charge in [-0.15, -0.1) is 0 Å². The molecule has 3 rings (SSSR count). The second kappa shape index (κ2) is 8.88. The molecule has 0 saturated carbocycles. The molecule has 0 spiro atoms. The van der Waals surface area contributed by atoms with Crippen molar-refractivity contribution in [1.82, 2.24) is 5.43 Å². The van der Waals surface area contributed by atoms with Crippen molar-refractivity contribution in [1.29, 1.82) is 0 Å². The highest BCUT2D eigenvalue weighted by Gasteiger charge is 2.12. The summed E-state index contributed by atoms with van der Waals surface area (Å²) in [6.45, 7) is 1.65. The van der Waals surface area contributed by atoms with Crippen LogP contribution in [0.3, 0.4) is 0 Å². The summed E-state index contributed by atoms with van der Waals surface area (Å²) in [7, 11) is 0. The van der Waals surface area contributed by atoms with E-state index < -0.39 is 23.4 Å². The van der Waals surface area contributed by atoms with Crippen LogP contribution in [0.4, 0.5) is 14.5 Å². The Kier molecular flexibility index (Phi) is 6.09. The van der Waals surface area contributed by atoms with Crippen molar-refractivity contribution in [2.45, 2.75) is 6.92 Å². The Morgan fingerprint density at radius 2 is 1.38 bits per heavy atom. The Bertz CT molecular complexity index is 1100. The van der Waals surface area contributed by atoms with Crippen molar-refractivity contribution >= 4 is 23.2 Å². The van der Waals surface area contributed by atoms with Crippen LogP contribution in [0.2, 0.25) is 0 Å². The van der Waals surface area contributed by atoms with E-state index in [-0.39, 0.29) is 11.1 Å². The zero-order valence-corrected chi connectivity index (χ0v) is 15.4. The van der Waals surface area contributed by atoms with Crippen LogP contribution in [0.25, 0.3) is 0 Å². The first-order chi connectivity index (χ1) is 14.0. The lowest BCUT2D eigenvalue weighted by atomic mass is 10.1. The van der Waals surface area contributed by atoms with Crippen LogP contribution in [-0.2, 0) is 0 Å². The normalized spacial score (nSPS) is 11.1. The zero-order valence-electron chi connectivity index (χ0n) is 15.4. The van der Waals surface area contributed by atoms with Crippen LogP contribution in [0.5, 0.6) is 0 Å². The third-order valence-electron chi connectivity index (χ3n) is 4.10. The van der Waals surface area contributed by atoms with Crippen molar-refractivity contribution in [3.63, 3.8) is 0 Å². The summed E-state index contributed by atoms with van der Waals surface area (Å²) < 4.78 is 27.4. The fraction of sp³-hybridized carbons (Fsp3) is 0.0455. The minimum absolute atomic E-state index is 0.0690. The summed E-state index contributed by atoms with van der Waals surface area (Å²) in [6, 6.07) is 17.9. The van der Waals surface area contributed by atoms with Gasteiger partial charge in [0.1, 0.15) is 11.6 Å². The monoisotopic (exact) mass is 393 g/mol. The molecule has 2 N–H and O–H groups in total. The van der Waals surface area contributed by atoms with Gasteiger partial charge in [-0.2, -0.15) is 5.10 Å². The van der Waals surface area contributed by atoms with Gasteiger partial charge < -0.3 is 5.32 Å². The van der Waals surface area contributed by atoms with Gasteiger partial charge in [-0.1, -0.05) is 36.4 Å². The Labute approximate surface area is 166 Å². The largest absolute Gasteiger partial charge is 0.322 e. The standard InChI is InChI=1S/C22H17F2N3O2/c1-14(26-27-22(29)18-10-3-5-12-20(18)24)15-7-6-8-16(13-15)25-21(28)17-9-2-4-11-19(17)23/h2-13H,1H3,(H,25,28)(H,27,29)/b26-14-. The van der Waals surface area contributed by atoms with Crippen LogP contribution >= 0.6 is 0 Å². The lowest BCUT2D eigenvalue weighted by Gasteiger charge is -2.08. The first-order valence-corrected chi connectivity index (χ1v) is 8.71. The smallest absolute Gasteiger partial charge is 0.274 e. The number of carbonyl (C=O) groups excluding carboxylic acids is 2. The average molecular weight is 393 g/mol. The molecule has 0 heterocycles. The Balaban J connectivity index is 1.72. The molecule has 0 atom stereocenters. The number of amides is 2. The molecule has 146 valence electrons. The number of rotatable bonds is 5. The molecule has 29 heavy (non-hydrogen) atoms. The van der Waals surface area contributed by atoms with Gasteiger partial charge in [0.25, 0.3) is 11.8 Å². The molecule has 3 aromatic rings. The predicted molar refractivity (Wildman–Crippen MR) is 107 cm³/mol.